The van der Waals surface area contributed by atoms with Crippen LogP contribution in [0.5, 0.6) is 0 Å². The van der Waals surface area contributed by atoms with Crippen LogP contribution in [-0.2, 0) is 22.4 Å². The van der Waals surface area contributed by atoms with Crippen molar-refractivity contribution in [1.29, 1.82) is 5.26 Å². The van der Waals surface area contributed by atoms with Crippen molar-refractivity contribution in [3.05, 3.63) is 21.4 Å². The summed E-state index contributed by atoms with van der Waals surface area (Å²) in [5.41, 5.74) is 0.186. The van der Waals surface area contributed by atoms with Crippen molar-refractivity contribution in [3.8, 4) is 6.07 Å². The molecule has 0 aliphatic heterocycles. The molecule has 0 fully saturated rings. The number of nitriles is 1. The fraction of sp³-hybridized carbons (Fsp3) is 0.611. The highest BCUT2D eigenvalue weighted by molar-refractivity contribution is 7.14. The zero-order valence-corrected chi connectivity index (χ0v) is 15.9. The maximum absolute atomic E-state index is 12.1. The molecule has 1 N–H and O–H groups in total. The summed E-state index contributed by atoms with van der Waals surface area (Å²) >= 11 is 1.43. The Balaban J connectivity index is 2.66. The number of amides is 1. The van der Waals surface area contributed by atoms with Crippen LogP contribution in [0.25, 0.3) is 0 Å². The van der Waals surface area contributed by atoms with E-state index < -0.39 is 17.4 Å². The highest BCUT2D eigenvalue weighted by atomic mass is 32.1. The number of carbonyl (C=O) groups is 2. The number of carbonyl (C=O) groups excluding carboxylic acids is 2. The fourth-order valence-electron chi connectivity index (χ4n) is 2.13. The van der Waals surface area contributed by atoms with Crippen LogP contribution < -0.4 is 5.32 Å². The Labute approximate surface area is 148 Å². The molecule has 0 saturated heterocycles. The van der Waals surface area contributed by atoms with Gasteiger partial charge in [0.05, 0.1) is 6.07 Å². The molecule has 24 heavy (non-hydrogen) atoms. The van der Waals surface area contributed by atoms with Crippen molar-refractivity contribution >= 4 is 23.2 Å². The summed E-state index contributed by atoms with van der Waals surface area (Å²) in [6.07, 6.45) is 2.83. The number of aryl methyl sites for hydroxylation is 2. The van der Waals surface area contributed by atoms with Crippen LogP contribution in [-0.4, -0.2) is 24.0 Å². The van der Waals surface area contributed by atoms with E-state index in [1.54, 1.807) is 6.92 Å². The lowest BCUT2D eigenvalue weighted by Gasteiger charge is -2.27. The number of nitrogens with one attached hydrogen (secondary N) is 1. The van der Waals surface area contributed by atoms with Crippen molar-refractivity contribution in [2.45, 2.75) is 59.4 Å². The number of ether oxygens (including phenoxy) is 1. The van der Waals surface area contributed by atoms with E-state index in [1.165, 1.54) is 16.2 Å². The van der Waals surface area contributed by atoms with Crippen molar-refractivity contribution in [3.63, 3.8) is 0 Å². The molecule has 0 aliphatic rings. The van der Waals surface area contributed by atoms with E-state index in [9.17, 15) is 14.9 Å². The molecule has 1 rings (SSSR count). The first-order valence-electron chi connectivity index (χ1n) is 8.28. The topological polar surface area (TPSA) is 79.2 Å². The van der Waals surface area contributed by atoms with Gasteiger partial charge in [-0.2, -0.15) is 5.26 Å². The van der Waals surface area contributed by atoms with Gasteiger partial charge in [-0.05, 0) is 37.3 Å². The van der Waals surface area contributed by atoms with Gasteiger partial charge in [0, 0.05) is 4.88 Å². The zero-order valence-electron chi connectivity index (χ0n) is 15.1. The quantitative estimate of drug-likeness (QED) is 0.728. The number of rotatable bonds is 8. The maximum Gasteiger partial charge on any atom is 0.348 e. The van der Waals surface area contributed by atoms with Gasteiger partial charge in [0.1, 0.15) is 10.4 Å². The van der Waals surface area contributed by atoms with Crippen LogP contribution >= 0.6 is 11.3 Å². The summed E-state index contributed by atoms with van der Waals surface area (Å²) in [6, 6.07) is 3.94. The summed E-state index contributed by atoms with van der Waals surface area (Å²) in [4.78, 5) is 25.8. The SMILES string of the molecule is CCCc1sc(C(=O)OCC(=O)N[C@](C)(C#N)C(C)C)cc1CC. The van der Waals surface area contributed by atoms with Gasteiger partial charge >= 0.3 is 5.97 Å². The molecule has 0 saturated carbocycles. The lowest BCUT2D eigenvalue weighted by atomic mass is 9.90. The van der Waals surface area contributed by atoms with Crippen LogP contribution in [0.4, 0.5) is 0 Å². The normalized spacial score (nSPS) is 13.2. The maximum atomic E-state index is 12.1. The second kappa shape index (κ2) is 8.84. The van der Waals surface area contributed by atoms with Gasteiger partial charge in [0.25, 0.3) is 5.91 Å². The Morgan fingerprint density at radius 3 is 2.58 bits per heavy atom. The lowest BCUT2D eigenvalue weighted by Crippen LogP contribution is -2.50. The molecule has 0 radical (unpaired) electrons. The Morgan fingerprint density at radius 1 is 1.42 bits per heavy atom. The number of thiophene rings is 1. The number of esters is 1. The third kappa shape index (κ3) is 5.07. The van der Waals surface area contributed by atoms with E-state index in [-0.39, 0.29) is 12.5 Å². The smallest absolute Gasteiger partial charge is 0.348 e. The summed E-state index contributed by atoms with van der Waals surface area (Å²) in [5.74, 6) is -1.01. The first-order valence-corrected chi connectivity index (χ1v) is 9.09. The summed E-state index contributed by atoms with van der Waals surface area (Å²) in [7, 11) is 0. The minimum absolute atomic E-state index is 0.0526. The van der Waals surface area contributed by atoms with E-state index >= 15 is 0 Å². The minimum Gasteiger partial charge on any atom is -0.451 e. The molecule has 0 aromatic carbocycles. The van der Waals surface area contributed by atoms with E-state index in [4.69, 9.17) is 4.74 Å². The molecule has 1 amide bonds. The average Bonchev–Trinajstić information content (AvgIpc) is 2.95. The predicted molar refractivity (Wildman–Crippen MR) is 95.0 cm³/mol. The molecule has 0 unspecified atom stereocenters. The molecule has 0 spiro atoms. The first-order chi connectivity index (χ1) is 11.3. The first kappa shape index (κ1) is 20.2. The van der Waals surface area contributed by atoms with Gasteiger partial charge in [-0.1, -0.05) is 34.1 Å². The molecular weight excluding hydrogens is 324 g/mol. The molecule has 0 bridgehead atoms. The van der Waals surface area contributed by atoms with Gasteiger partial charge in [0.15, 0.2) is 6.61 Å². The van der Waals surface area contributed by atoms with Gasteiger partial charge < -0.3 is 10.1 Å². The lowest BCUT2D eigenvalue weighted by molar-refractivity contribution is -0.125. The molecule has 1 heterocycles. The van der Waals surface area contributed by atoms with Crippen molar-refractivity contribution < 1.29 is 14.3 Å². The zero-order chi connectivity index (χ0) is 18.3. The summed E-state index contributed by atoms with van der Waals surface area (Å²) < 4.78 is 5.10. The standard InChI is InChI=1S/C18H26N2O3S/c1-6-8-14-13(7-2)9-15(24-14)17(22)23-10-16(21)20-18(5,11-19)12(3)4/h9,12H,6-8,10H2,1-5H3,(H,20,21)/t18-/m1/s1. The second-order valence-electron chi connectivity index (χ2n) is 6.26. The van der Waals surface area contributed by atoms with E-state index in [2.05, 4.69) is 25.2 Å². The van der Waals surface area contributed by atoms with Crippen LogP contribution in [0.1, 0.15) is 61.2 Å². The van der Waals surface area contributed by atoms with Gasteiger partial charge in [0.2, 0.25) is 0 Å². The van der Waals surface area contributed by atoms with Gasteiger partial charge in [-0.3, -0.25) is 4.79 Å². The molecular formula is C18H26N2O3S. The molecule has 1 aromatic rings. The number of nitrogens with zero attached hydrogens (tertiary/aromatic N) is 1. The van der Waals surface area contributed by atoms with Crippen molar-refractivity contribution in [2.24, 2.45) is 5.92 Å². The number of hydrogen-bond donors (Lipinski definition) is 1. The highest BCUT2D eigenvalue weighted by Gasteiger charge is 2.30. The van der Waals surface area contributed by atoms with Crippen LogP contribution in [0.15, 0.2) is 6.07 Å². The van der Waals surface area contributed by atoms with Gasteiger partial charge in [-0.25, -0.2) is 4.79 Å². The molecule has 1 aromatic heterocycles. The molecule has 5 nitrogen and oxygen atoms in total. The fourth-order valence-corrected chi connectivity index (χ4v) is 3.38. The van der Waals surface area contributed by atoms with Crippen LogP contribution in [0, 0.1) is 17.2 Å². The monoisotopic (exact) mass is 350 g/mol. The van der Waals surface area contributed by atoms with Crippen LogP contribution in [0.2, 0.25) is 0 Å². The minimum atomic E-state index is -0.976. The van der Waals surface area contributed by atoms with Crippen molar-refractivity contribution in [2.75, 3.05) is 6.61 Å². The molecule has 1 atom stereocenters. The molecule has 0 aliphatic carbocycles. The van der Waals surface area contributed by atoms with Gasteiger partial charge in [-0.15, -0.1) is 11.3 Å². The van der Waals surface area contributed by atoms with Crippen LogP contribution in [0.3, 0.4) is 0 Å². The summed E-state index contributed by atoms with van der Waals surface area (Å²) in [6.45, 7) is 9.12. The predicted octanol–water partition coefficient (Wildman–Crippen LogP) is 3.47. The Bertz CT molecular complexity index is 631. The van der Waals surface area contributed by atoms with E-state index in [1.807, 2.05) is 19.9 Å². The average molecular weight is 350 g/mol. The largest absolute Gasteiger partial charge is 0.451 e. The van der Waals surface area contributed by atoms with Crippen molar-refractivity contribution in [1.82, 2.24) is 5.32 Å². The molecule has 132 valence electrons. The Kier molecular flexibility index (Phi) is 7.43. The van der Waals surface area contributed by atoms with E-state index in [0.717, 1.165) is 24.8 Å². The highest BCUT2D eigenvalue weighted by Crippen LogP contribution is 2.25. The molecule has 6 heteroatoms. The third-order valence-corrected chi connectivity index (χ3v) is 5.29. The Hall–Kier alpha value is -1.87. The van der Waals surface area contributed by atoms with E-state index in [0.29, 0.717) is 4.88 Å². The third-order valence-electron chi connectivity index (χ3n) is 4.08. The number of hydrogen-bond acceptors (Lipinski definition) is 5. The second-order valence-corrected chi connectivity index (χ2v) is 7.39. The Morgan fingerprint density at radius 2 is 2.08 bits per heavy atom. The summed E-state index contributed by atoms with van der Waals surface area (Å²) in [5, 5.41) is 11.8.